The number of carbonyl (C=O) groups is 6. The zero-order chi connectivity index (χ0) is 51.7. The first kappa shape index (κ1) is 53.0. The number of fused-ring (bicyclic) bond motifs is 2. The second-order valence-corrected chi connectivity index (χ2v) is 20.6. The second-order valence-electron chi connectivity index (χ2n) is 20.6. The third-order valence-corrected chi connectivity index (χ3v) is 15.8. The SMILES string of the molecule is CC[C@@H]1C(=O)N(C)c2cnc(Cc3ccc(C(=O)CC4CCN(CCOCCN(CCOC5CCCCO5)CC(=O)Nc5cccc6c5CN(C5CCC(=O)NC5=O)C6=O)CC4)cc3OC)nc2N1C1CCCC1. The van der Waals surface area contributed by atoms with Crippen molar-refractivity contribution in [2.24, 2.45) is 5.92 Å². The van der Waals surface area contributed by atoms with Crippen molar-refractivity contribution in [3.8, 4) is 5.75 Å². The largest absolute Gasteiger partial charge is 0.496 e. The van der Waals surface area contributed by atoms with Gasteiger partial charge in [0.2, 0.25) is 23.6 Å². The van der Waals surface area contributed by atoms with E-state index in [0.29, 0.717) is 92.7 Å². The Morgan fingerprint density at radius 1 is 0.946 bits per heavy atom. The maximum atomic E-state index is 13.7. The molecule has 1 aromatic heterocycles. The van der Waals surface area contributed by atoms with E-state index in [9.17, 15) is 28.8 Å². The number of aromatic nitrogens is 2. The lowest BCUT2D eigenvalue weighted by molar-refractivity contribution is -0.164. The monoisotopic (exact) mass is 1020 g/mol. The summed E-state index contributed by atoms with van der Waals surface area (Å²) in [5.74, 6) is 1.17. The minimum Gasteiger partial charge on any atom is -0.496 e. The van der Waals surface area contributed by atoms with Crippen LogP contribution in [0.5, 0.6) is 5.75 Å². The molecule has 9 rings (SSSR count). The number of hydrogen-bond acceptors (Lipinski definition) is 15. The number of likely N-dealkylation sites (tertiary alicyclic amines) is 1. The zero-order valence-corrected chi connectivity index (χ0v) is 43.3. The van der Waals surface area contributed by atoms with Crippen molar-refractivity contribution in [1.82, 2.24) is 30.0 Å². The average Bonchev–Trinajstić information content (AvgIpc) is 4.06. The smallest absolute Gasteiger partial charge is 0.255 e. The molecule has 3 aromatic rings. The molecule has 5 amide bonds. The van der Waals surface area contributed by atoms with Gasteiger partial charge < -0.3 is 43.9 Å². The normalized spacial score (nSPS) is 21.8. The topological polar surface area (TPSA) is 205 Å². The molecule has 1 saturated carbocycles. The molecule has 6 aliphatic rings. The number of nitrogens with one attached hydrogen (secondary N) is 2. The molecule has 398 valence electrons. The number of imide groups is 1. The maximum absolute atomic E-state index is 13.7. The van der Waals surface area contributed by atoms with E-state index < -0.39 is 11.9 Å². The zero-order valence-electron chi connectivity index (χ0n) is 43.3. The number of hydrogen-bond donors (Lipinski definition) is 2. The van der Waals surface area contributed by atoms with E-state index in [1.54, 1.807) is 36.4 Å². The first-order valence-corrected chi connectivity index (χ1v) is 26.9. The predicted octanol–water partition coefficient (Wildman–Crippen LogP) is 5.13. The highest BCUT2D eigenvalue weighted by Crippen LogP contribution is 2.40. The molecule has 19 heteroatoms. The number of piperidine rings is 2. The Labute approximate surface area is 434 Å². The highest BCUT2D eigenvalue weighted by Gasteiger charge is 2.42. The number of methoxy groups -OCH3 is 1. The van der Waals surface area contributed by atoms with E-state index in [1.807, 2.05) is 30.1 Å². The summed E-state index contributed by atoms with van der Waals surface area (Å²) < 4.78 is 23.8. The summed E-state index contributed by atoms with van der Waals surface area (Å²) in [6.07, 6.45) is 12.7. The van der Waals surface area contributed by atoms with Gasteiger partial charge in [0.15, 0.2) is 17.9 Å². The second kappa shape index (κ2) is 24.7. The minimum absolute atomic E-state index is 0.0712. The standard InChI is InChI=1S/C55H73N9O10/c1-4-43-55(70)60(2)45-33-56-48(58-52(45)64(43)39-10-5-6-11-39)32-38-16-15-37(31-47(38)71-3)46(65)30-36-19-21-61(22-20-36)23-27-72-28-24-62(25-29-74-51-14-7-8-26-73-51)35-50(67)57-42-13-9-12-40-41(42)34-63(54(40)69)44-17-18-49(66)59-53(44)68/h9,12-13,15-16,31,33,36,39,43-44,51H,4-8,10-11,14,17-30,32,34-35H2,1-3H3,(H,57,67)(H,59,66,68)/t43-,44?,51?/m1/s1. The Balaban J connectivity index is 0.725. The first-order chi connectivity index (χ1) is 36.0. The lowest BCUT2D eigenvalue weighted by atomic mass is 9.89. The fourth-order valence-corrected chi connectivity index (χ4v) is 11.5. The summed E-state index contributed by atoms with van der Waals surface area (Å²) in [4.78, 5) is 98.0. The number of carbonyl (C=O) groups excluding carboxylic acids is 6. The number of likely N-dealkylation sites (N-methyl/N-ethyl adjacent to an activating group) is 1. The molecule has 6 heterocycles. The molecule has 1 aliphatic carbocycles. The van der Waals surface area contributed by atoms with E-state index in [1.165, 1.54) is 4.90 Å². The van der Waals surface area contributed by atoms with Gasteiger partial charge in [-0.25, -0.2) is 9.97 Å². The van der Waals surface area contributed by atoms with Crippen molar-refractivity contribution in [3.05, 3.63) is 70.7 Å². The Kier molecular flexibility index (Phi) is 17.7. The van der Waals surface area contributed by atoms with Gasteiger partial charge in [-0.05, 0) is 95.0 Å². The third kappa shape index (κ3) is 12.4. The van der Waals surface area contributed by atoms with Crippen LogP contribution in [-0.2, 0) is 46.4 Å². The number of ketones is 1. The first-order valence-electron chi connectivity index (χ1n) is 26.9. The molecule has 74 heavy (non-hydrogen) atoms. The van der Waals surface area contributed by atoms with Crippen molar-refractivity contribution in [2.75, 3.05) is 95.0 Å². The van der Waals surface area contributed by atoms with Crippen LogP contribution in [0.4, 0.5) is 17.2 Å². The molecule has 2 aromatic carbocycles. The third-order valence-electron chi connectivity index (χ3n) is 15.8. The fraction of sp³-hybridized carbons (Fsp3) is 0.600. The number of anilines is 3. The molecule has 0 radical (unpaired) electrons. The number of nitrogens with zero attached hydrogens (tertiary/aromatic N) is 7. The van der Waals surface area contributed by atoms with Crippen molar-refractivity contribution in [2.45, 2.75) is 128 Å². The van der Waals surface area contributed by atoms with Crippen LogP contribution < -0.4 is 25.2 Å². The molecular weight excluding hydrogens is 947 g/mol. The van der Waals surface area contributed by atoms with Gasteiger partial charge in [0.25, 0.3) is 5.91 Å². The van der Waals surface area contributed by atoms with Crippen LogP contribution in [-0.4, -0.2) is 164 Å². The van der Waals surface area contributed by atoms with Crippen molar-refractivity contribution >= 4 is 52.5 Å². The van der Waals surface area contributed by atoms with Crippen LogP contribution >= 0.6 is 0 Å². The lowest BCUT2D eigenvalue weighted by Gasteiger charge is -2.43. The lowest BCUT2D eigenvalue weighted by Crippen LogP contribution is -2.55. The Hall–Kier alpha value is -5.86. The van der Waals surface area contributed by atoms with E-state index >= 15 is 0 Å². The van der Waals surface area contributed by atoms with Gasteiger partial charge in [-0.2, -0.15) is 0 Å². The summed E-state index contributed by atoms with van der Waals surface area (Å²) in [6, 6.07) is 10.1. The molecule has 19 nitrogen and oxygen atoms in total. The van der Waals surface area contributed by atoms with Gasteiger partial charge in [-0.3, -0.25) is 39.0 Å². The minimum atomic E-state index is -0.750. The summed E-state index contributed by atoms with van der Waals surface area (Å²) in [5, 5.41) is 5.35. The molecule has 3 saturated heterocycles. The number of amides is 5. The van der Waals surface area contributed by atoms with Gasteiger partial charge >= 0.3 is 0 Å². The van der Waals surface area contributed by atoms with E-state index in [-0.39, 0.29) is 79.6 Å². The number of rotatable bonds is 22. The van der Waals surface area contributed by atoms with Gasteiger partial charge in [0, 0.05) is 93.1 Å². The number of benzene rings is 2. The van der Waals surface area contributed by atoms with Gasteiger partial charge in [0.05, 0.1) is 39.7 Å². The van der Waals surface area contributed by atoms with E-state index in [2.05, 4.69) is 27.4 Å². The van der Waals surface area contributed by atoms with Gasteiger partial charge in [0.1, 0.15) is 29.3 Å². The van der Waals surface area contributed by atoms with E-state index in [0.717, 1.165) is 94.5 Å². The molecule has 0 bridgehead atoms. The van der Waals surface area contributed by atoms with Gasteiger partial charge in [-0.1, -0.05) is 38.0 Å². The molecule has 5 aliphatic heterocycles. The molecule has 2 unspecified atom stereocenters. The molecular formula is C55H73N9O10. The van der Waals surface area contributed by atoms with Crippen LogP contribution in [0.3, 0.4) is 0 Å². The van der Waals surface area contributed by atoms with Crippen LogP contribution in [0.25, 0.3) is 0 Å². The van der Waals surface area contributed by atoms with E-state index in [4.69, 9.17) is 28.9 Å². The Bertz CT molecular complexity index is 2520. The number of ether oxygens (including phenoxy) is 4. The average molecular weight is 1020 g/mol. The quantitative estimate of drug-likeness (QED) is 0.0761. The predicted molar refractivity (Wildman–Crippen MR) is 276 cm³/mol. The van der Waals surface area contributed by atoms with Crippen LogP contribution in [0.15, 0.2) is 42.6 Å². The summed E-state index contributed by atoms with van der Waals surface area (Å²) in [5.41, 5.74) is 3.85. The molecule has 0 spiro atoms. The van der Waals surface area contributed by atoms with Crippen molar-refractivity contribution in [3.63, 3.8) is 0 Å². The summed E-state index contributed by atoms with van der Waals surface area (Å²) in [7, 11) is 3.43. The van der Waals surface area contributed by atoms with Crippen LogP contribution in [0.2, 0.25) is 0 Å². The molecule has 3 atom stereocenters. The molecule has 4 fully saturated rings. The van der Waals surface area contributed by atoms with Crippen LogP contribution in [0, 0.1) is 5.92 Å². The van der Waals surface area contributed by atoms with Crippen molar-refractivity contribution < 1.29 is 47.7 Å². The van der Waals surface area contributed by atoms with Crippen molar-refractivity contribution in [1.29, 1.82) is 0 Å². The Morgan fingerprint density at radius 2 is 1.74 bits per heavy atom. The Morgan fingerprint density at radius 3 is 2.50 bits per heavy atom. The fourth-order valence-electron chi connectivity index (χ4n) is 11.5. The highest BCUT2D eigenvalue weighted by atomic mass is 16.7. The summed E-state index contributed by atoms with van der Waals surface area (Å²) >= 11 is 0. The van der Waals surface area contributed by atoms with Gasteiger partial charge in [-0.15, -0.1) is 0 Å². The number of Topliss-reactive ketones (excluding diaryl/α,β-unsaturated/α-hetero) is 1. The maximum Gasteiger partial charge on any atom is 0.255 e. The summed E-state index contributed by atoms with van der Waals surface area (Å²) in [6.45, 7) is 7.78. The van der Waals surface area contributed by atoms with Crippen LogP contribution in [0.1, 0.15) is 128 Å². The highest BCUT2D eigenvalue weighted by molar-refractivity contribution is 6.07. The molecule has 2 N–H and O–H groups in total.